The van der Waals surface area contributed by atoms with Crippen LogP contribution in [0.15, 0.2) is 18.3 Å². The summed E-state index contributed by atoms with van der Waals surface area (Å²) < 4.78 is 5.75. The van der Waals surface area contributed by atoms with Crippen LogP contribution in [0.2, 0.25) is 0 Å². The van der Waals surface area contributed by atoms with Gasteiger partial charge in [0.15, 0.2) is 0 Å². The average Bonchev–Trinajstić information content (AvgIpc) is 2.28. The van der Waals surface area contributed by atoms with Crippen LogP contribution in [0.3, 0.4) is 0 Å². The van der Waals surface area contributed by atoms with Crippen molar-refractivity contribution in [3.05, 3.63) is 18.3 Å². The number of hydrogen-bond donors (Lipinski definition) is 1. The topological polar surface area (TPSA) is 51.4 Å². The molecule has 1 atom stereocenters. The number of nitrogens with two attached hydrogens (primary N) is 1. The van der Waals surface area contributed by atoms with Crippen LogP contribution in [0.25, 0.3) is 0 Å². The minimum Gasteiger partial charge on any atom is -0.384 e. The molecular formula is C12H17N3O. The molecule has 1 spiro atoms. The number of hydrogen-bond acceptors (Lipinski definition) is 4. The van der Waals surface area contributed by atoms with Gasteiger partial charge in [0, 0.05) is 19.5 Å². The molecule has 2 saturated heterocycles. The Hall–Kier alpha value is -1.29. The van der Waals surface area contributed by atoms with Gasteiger partial charge in [-0.1, -0.05) is 0 Å². The minimum absolute atomic E-state index is 0.139. The predicted molar refractivity (Wildman–Crippen MR) is 63.4 cm³/mol. The predicted octanol–water partition coefficient (Wildman–Crippen LogP) is 1.42. The molecule has 4 nitrogen and oxygen atoms in total. The van der Waals surface area contributed by atoms with Crippen LogP contribution < -0.4 is 10.6 Å². The first-order valence-electron chi connectivity index (χ1n) is 5.88. The van der Waals surface area contributed by atoms with Crippen molar-refractivity contribution in [2.75, 3.05) is 30.3 Å². The van der Waals surface area contributed by atoms with Gasteiger partial charge in [-0.05, 0) is 25.0 Å². The van der Waals surface area contributed by atoms with Crippen molar-refractivity contribution in [2.45, 2.75) is 24.9 Å². The van der Waals surface area contributed by atoms with E-state index in [4.69, 9.17) is 10.5 Å². The van der Waals surface area contributed by atoms with Crippen molar-refractivity contribution in [1.82, 2.24) is 4.98 Å². The van der Waals surface area contributed by atoms with E-state index in [1.807, 2.05) is 18.3 Å². The number of ether oxygens (including phenoxy) is 1. The summed E-state index contributed by atoms with van der Waals surface area (Å²) >= 11 is 0. The number of anilines is 2. The molecule has 0 radical (unpaired) electrons. The van der Waals surface area contributed by atoms with Gasteiger partial charge in [-0.3, -0.25) is 0 Å². The zero-order valence-corrected chi connectivity index (χ0v) is 9.35. The summed E-state index contributed by atoms with van der Waals surface area (Å²) in [5.41, 5.74) is 6.89. The summed E-state index contributed by atoms with van der Waals surface area (Å²) in [7, 11) is 0. The molecule has 2 N–H and O–H groups in total. The molecule has 2 aliphatic rings. The van der Waals surface area contributed by atoms with E-state index in [0.717, 1.165) is 25.4 Å². The number of nitrogen functional groups attached to an aromatic ring is 1. The number of aromatic nitrogens is 1. The van der Waals surface area contributed by atoms with E-state index in [9.17, 15) is 0 Å². The molecule has 86 valence electrons. The lowest BCUT2D eigenvalue weighted by Gasteiger charge is -2.49. The fourth-order valence-corrected chi connectivity index (χ4v) is 2.62. The maximum atomic E-state index is 5.75. The van der Waals surface area contributed by atoms with Gasteiger partial charge < -0.3 is 15.4 Å². The second-order valence-corrected chi connectivity index (χ2v) is 4.75. The van der Waals surface area contributed by atoms with E-state index < -0.39 is 0 Å². The fourth-order valence-electron chi connectivity index (χ4n) is 2.62. The Balaban J connectivity index is 1.76. The molecule has 3 rings (SSSR count). The molecule has 0 bridgehead atoms. The normalized spacial score (nSPS) is 29.1. The number of rotatable bonds is 1. The van der Waals surface area contributed by atoms with E-state index in [-0.39, 0.29) is 5.60 Å². The lowest BCUT2D eigenvalue weighted by atomic mass is 9.86. The third-order valence-electron chi connectivity index (χ3n) is 3.64. The quantitative estimate of drug-likeness (QED) is 0.776. The van der Waals surface area contributed by atoms with E-state index >= 15 is 0 Å². The summed E-state index contributed by atoms with van der Waals surface area (Å²) in [4.78, 5) is 6.50. The highest BCUT2D eigenvalue weighted by atomic mass is 16.5. The number of nitrogens with zero attached hydrogens (tertiary/aromatic N) is 2. The summed E-state index contributed by atoms with van der Waals surface area (Å²) in [5, 5.41) is 0. The third kappa shape index (κ3) is 1.63. The van der Waals surface area contributed by atoms with Crippen molar-refractivity contribution in [1.29, 1.82) is 0 Å². The smallest absolute Gasteiger partial charge is 0.123 e. The zero-order valence-electron chi connectivity index (χ0n) is 9.35. The van der Waals surface area contributed by atoms with Crippen molar-refractivity contribution in [3.63, 3.8) is 0 Å². The van der Waals surface area contributed by atoms with Crippen molar-refractivity contribution in [3.8, 4) is 0 Å². The fraction of sp³-hybridized carbons (Fsp3) is 0.583. The second-order valence-electron chi connectivity index (χ2n) is 4.75. The van der Waals surface area contributed by atoms with Crippen LogP contribution >= 0.6 is 0 Å². The van der Waals surface area contributed by atoms with Gasteiger partial charge >= 0.3 is 0 Å². The monoisotopic (exact) mass is 219 g/mol. The average molecular weight is 219 g/mol. The van der Waals surface area contributed by atoms with Gasteiger partial charge in [-0.15, -0.1) is 0 Å². The Morgan fingerprint density at radius 1 is 1.38 bits per heavy atom. The van der Waals surface area contributed by atoms with E-state index in [1.165, 1.54) is 19.3 Å². The molecular weight excluding hydrogens is 202 g/mol. The van der Waals surface area contributed by atoms with Crippen LogP contribution in [0.5, 0.6) is 0 Å². The SMILES string of the molecule is Nc1ccc(N2CCCC3(CCO3)C2)cn1. The van der Waals surface area contributed by atoms with Crippen LogP contribution in [-0.2, 0) is 4.74 Å². The maximum absolute atomic E-state index is 5.75. The molecule has 2 fully saturated rings. The molecule has 16 heavy (non-hydrogen) atoms. The van der Waals surface area contributed by atoms with Gasteiger partial charge in [0.05, 0.1) is 24.1 Å². The number of piperidine rings is 1. The molecule has 1 aromatic heterocycles. The van der Waals surface area contributed by atoms with E-state index in [0.29, 0.717) is 5.82 Å². The largest absolute Gasteiger partial charge is 0.384 e. The Morgan fingerprint density at radius 3 is 2.88 bits per heavy atom. The summed E-state index contributed by atoms with van der Waals surface area (Å²) in [6.45, 7) is 3.02. The first kappa shape index (κ1) is 9.90. The van der Waals surface area contributed by atoms with Gasteiger partial charge in [-0.25, -0.2) is 4.98 Å². The minimum atomic E-state index is 0.139. The lowest BCUT2D eigenvalue weighted by Crippen LogP contribution is -2.56. The van der Waals surface area contributed by atoms with Crippen LogP contribution in [0, 0.1) is 0 Å². The zero-order chi connectivity index (χ0) is 11.0. The van der Waals surface area contributed by atoms with Gasteiger partial charge in [0.1, 0.15) is 5.82 Å². The Kier molecular flexibility index (Phi) is 2.24. The molecule has 4 heteroatoms. The van der Waals surface area contributed by atoms with Crippen molar-refractivity contribution >= 4 is 11.5 Å². The molecule has 0 saturated carbocycles. The van der Waals surface area contributed by atoms with Crippen LogP contribution in [0.1, 0.15) is 19.3 Å². The van der Waals surface area contributed by atoms with E-state index in [1.54, 1.807) is 0 Å². The van der Waals surface area contributed by atoms with Crippen LogP contribution in [-0.4, -0.2) is 30.3 Å². The van der Waals surface area contributed by atoms with E-state index in [2.05, 4.69) is 9.88 Å². The third-order valence-corrected chi connectivity index (χ3v) is 3.64. The van der Waals surface area contributed by atoms with Gasteiger partial charge in [0.25, 0.3) is 0 Å². The summed E-state index contributed by atoms with van der Waals surface area (Å²) in [6.07, 6.45) is 5.45. The highest BCUT2D eigenvalue weighted by Gasteiger charge is 2.42. The molecule has 0 aliphatic carbocycles. The van der Waals surface area contributed by atoms with Crippen molar-refractivity contribution < 1.29 is 4.74 Å². The standard InChI is InChI=1S/C12H17N3O/c13-11-3-2-10(8-14-11)15-6-1-4-12(9-15)5-7-16-12/h2-3,8H,1,4-7,9H2,(H2,13,14). The Bertz CT molecular complexity index is 372. The van der Waals surface area contributed by atoms with Gasteiger partial charge in [-0.2, -0.15) is 0 Å². The summed E-state index contributed by atoms with van der Waals surface area (Å²) in [5.74, 6) is 0.579. The molecule has 0 aromatic carbocycles. The Morgan fingerprint density at radius 2 is 2.25 bits per heavy atom. The maximum Gasteiger partial charge on any atom is 0.123 e. The van der Waals surface area contributed by atoms with Crippen molar-refractivity contribution in [2.24, 2.45) is 0 Å². The second kappa shape index (κ2) is 3.63. The molecule has 0 amide bonds. The Labute approximate surface area is 95.4 Å². The number of pyridine rings is 1. The summed E-state index contributed by atoms with van der Waals surface area (Å²) in [6, 6.07) is 3.90. The molecule has 1 aromatic rings. The molecule has 3 heterocycles. The first-order valence-corrected chi connectivity index (χ1v) is 5.88. The molecule has 1 unspecified atom stereocenters. The van der Waals surface area contributed by atoms with Gasteiger partial charge in [0.2, 0.25) is 0 Å². The first-order chi connectivity index (χ1) is 7.77. The lowest BCUT2D eigenvalue weighted by molar-refractivity contribution is -0.150. The van der Waals surface area contributed by atoms with Crippen LogP contribution in [0.4, 0.5) is 11.5 Å². The highest BCUT2D eigenvalue weighted by Crippen LogP contribution is 2.36. The molecule has 2 aliphatic heterocycles. The highest BCUT2D eigenvalue weighted by molar-refractivity contribution is 5.48.